The Morgan fingerprint density at radius 3 is 2.47 bits per heavy atom. The maximum absolute atomic E-state index is 11.4. The maximum atomic E-state index is 11.4. The van der Waals surface area contributed by atoms with Crippen molar-refractivity contribution in [2.75, 3.05) is 25.2 Å². The highest BCUT2D eigenvalue weighted by molar-refractivity contribution is 7.91. The Labute approximate surface area is 101 Å². The lowest BCUT2D eigenvalue weighted by molar-refractivity contribution is -0.141. The molecule has 0 radical (unpaired) electrons. The Balaban J connectivity index is 2.61. The Bertz CT molecular complexity index is 403. The first-order valence-electron chi connectivity index (χ1n) is 5.40. The van der Waals surface area contributed by atoms with E-state index in [4.69, 9.17) is 0 Å². The van der Waals surface area contributed by atoms with Crippen molar-refractivity contribution in [1.82, 2.24) is 4.90 Å². The van der Waals surface area contributed by atoms with Crippen LogP contribution >= 0.6 is 0 Å². The molecule has 0 N–H and O–H groups in total. The molecular weight excluding hydrogens is 246 g/mol. The summed E-state index contributed by atoms with van der Waals surface area (Å²) in [7, 11) is -1.75. The fraction of sp³-hybridized carbons (Fsp3) is 0.800. The molecule has 1 heterocycles. The molecule has 1 aliphatic rings. The van der Waals surface area contributed by atoms with E-state index in [2.05, 4.69) is 4.74 Å². The molecule has 1 amide bonds. The Kier molecular flexibility index (Phi) is 4.50. The number of nitrogens with zero attached hydrogens (tertiary/aromatic N) is 1. The number of carbonyl (C=O) groups excluding carboxylic acids is 2. The summed E-state index contributed by atoms with van der Waals surface area (Å²) < 4.78 is 27.2. The Morgan fingerprint density at radius 1 is 1.41 bits per heavy atom. The molecule has 0 aliphatic carbocycles. The summed E-state index contributed by atoms with van der Waals surface area (Å²) in [5.41, 5.74) is 0. The van der Waals surface area contributed by atoms with E-state index in [1.807, 2.05) is 0 Å². The highest BCUT2D eigenvalue weighted by atomic mass is 32.2. The van der Waals surface area contributed by atoms with Crippen LogP contribution in [0.3, 0.4) is 0 Å². The summed E-state index contributed by atoms with van der Waals surface area (Å²) in [4.78, 5) is 23.9. The Hall–Kier alpha value is -1.11. The molecule has 0 bridgehead atoms. The van der Waals surface area contributed by atoms with E-state index in [1.54, 1.807) is 0 Å². The molecule has 6 nitrogen and oxygen atoms in total. The molecule has 0 saturated carbocycles. The van der Waals surface area contributed by atoms with Crippen LogP contribution in [0.4, 0.5) is 0 Å². The monoisotopic (exact) mass is 263 g/mol. The van der Waals surface area contributed by atoms with E-state index in [0.29, 0.717) is 6.42 Å². The second kappa shape index (κ2) is 5.48. The van der Waals surface area contributed by atoms with Crippen LogP contribution in [0.5, 0.6) is 0 Å². The quantitative estimate of drug-likeness (QED) is 0.644. The first kappa shape index (κ1) is 14.0. The molecule has 17 heavy (non-hydrogen) atoms. The van der Waals surface area contributed by atoms with Gasteiger partial charge in [0, 0.05) is 19.5 Å². The van der Waals surface area contributed by atoms with E-state index in [-0.39, 0.29) is 36.4 Å². The Morgan fingerprint density at radius 2 is 2.06 bits per heavy atom. The predicted octanol–water partition coefficient (Wildman–Crippen LogP) is -0.415. The number of methoxy groups -OCH3 is 1. The van der Waals surface area contributed by atoms with Crippen LogP contribution in [0.1, 0.15) is 19.8 Å². The van der Waals surface area contributed by atoms with Crippen LogP contribution in [0, 0.1) is 0 Å². The topological polar surface area (TPSA) is 80.8 Å². The first-order valence-corrected chi connectivity index (χ1v) is 7.22. The van der Waals surface area contributed by atoms with Crippen LogP contribution in [-0.2, 0) is 24.2 Å². The van der Waals surface area contributed by atoms with E-state index in [0.717, 1.165) is 0 Å². The van der Waals surface area contributed by atoms with Crippen LogP contribution < -0.4 is 0 Å². The molecule has 1 aliphatic heterocycles. The third-order valence-electron chi connectivity index (χ3n) is 2.84. The third-order valence-corrected chi connectivity index (χ3v) is 4.59. The van der Waals surface area contributed by atoms with Gasteiger partial charge in [-0.15, -0.1) is 0 Å². The molecule has 0 unspecified atom stereocenters. The minimum Gasteiger partial charge on any atom is -0.469 e. The van der Waals surface area contributed by atoms with Crippen LogP contribution in [0.25, 0.3) is 0 Å². The second-order valence-electron chi connectivity index (χ2n) is 4.10. The van der Waals surface area contributed by atoms with Crippen molar-refractivity contribution >= 4 is 21.7 Å². The molecule has 0 aromatic carbocycles. The minimum atomic E-state index is -3.03. The molecule has 1 fully saturated rings. The highest BCUT2D eigenvalue weighted by Crippen LogP contribution is 2.18. The number of rotatable bonds is 4. The number of ether oxygens (including phenoxy) is 1. The molecule has 1 rings (SSSR count). The molecular formula is C10H17NO5S. The lowest BCUT2D eigenvalue weighted by Gasteiger charge is -2.26. The van der Waals surface area contributed by atoms with E-state index in [1.165, 1.54) is 18.9 Å². The van der Waals surface area contributed by atoms with E-state index < -0.39 is 15.8 Å². The zero-order valence-electron chi connectivity index (χ0n) is 10.0. The van der Waals surface area contributed by atoms with Crippen molar-refractivity contribution in [3.63, 3.8) is 0 Å². The summed E-state index contributed by atoms with van der Waals surface area (Å²) >= 11 is 0. The largest absolute Gasteiger partial charge is 0.469 e. The van der Waals surface area contributed by atoms with Gasteiger partial charge in [0.25, 0.3) is 0 Å². The van der Waals surface area contributed by atoms with Crippen LogP contribution in [0.15, 0.2) is 0 Å². The highest BCUT2D eigenvalue weighted by Gasteiger charge is 2.33. The zero-order valence-corrected chi connectivity index (χ0v) is 10.8. The SMILES string of the molecule is COC(=O)CCN(C(C)=O)[C@@H]1CCS(=O)(=O)C1. The normalized spacial score (nSPS) is 22.1. The number of amides is 1. The molecule has 98 valence electrons. The van der Waals surface area contributed by atoms with Crippen molar-refractivity contribution in [3.8, 4) is 0 Å². The van der Waals surface area contributed by atoms with Crippen molar-refractivity contribution in [1.29, 1.82) is 0 Å². The fourth-order valence-corrected chi connectivity index (χ4v) is 3.66. The van der Waals surface area contributed by atoms with Gasteiger partial charge >= 0.3 is 5.97 Å². The van der Waals surface area contributed by atoms with Gasteiger partial charge in [0.05, 0.1) is 25.0 Å². The van der Waals surface area contributed by atoms with Gasteiger partial charge in [-0.25, -0.2) is 8.42 Å². The summed E-state index contributed by atoms with van der Waals surface area (Å²) in [5.74, 6) is -0.513. The number of hydrogen-bond donors (Lipinski definition) is 0. The molecule has 1 saturated heterocycles. The second-order valence-corrected chi connectivity index (χ2v) is 6.32. The maximum Gasteiger partial charge on any atom is 0.307 e. The summed E-state index contributed by atoms with van der Waals surface area (Å²) in [6, 6.07) is -0.304. The van der Waals surface area contributed by atoms with Crippen molar-refractivity contribution in [3.05, 3.63) is 0 Å². The van der Waals surface area contributed by atoms with Crippen LogP contribution in [0.2, 0.25) is 0 Å². The average molecular weight is 263 g/mol. The average Bonchev–Trinajstić information content (AvgIpc) is 2.58. The van der Waals surface area contributed by atoms with Gasteiger partial charge in [0.1, 0.15) is 0 Å². The third kappa shape index (κ3) is 3.99. The van der Waals surface area contributed by atoms with E-state index in [9.17, 15) is 18.0 Å². The summed E-state index contributed by atoms with van der Waals surface area (Å²) in [6.07, 6.45) is 0.537. The smallest absolute Gasteiger partial charge is 0.307 e. The molecule has 7 heteroatoms. The zero-order chi connectivity index (χ0) is 13.1. The van der Waals surface area contributed by atoms with Crippen LogP contribution in [-0.4, -0.2) is 56.4 Å². The van der Waals surface area contributed by atoms with E-state index >= 15 is 0 Å². The van der Waals surface area contributed by atoms with Gasteiger partial charge in [-0.2, -0.15) is 0 Å². The lowest BCUT2D eigenvalue weighted by Crippen LogP contribution is -2.41. The molecule has 1 atom stereocenters. The first-order chi connectivity index (χ1) is 7.85. The van der Waals surface area contributed by atoms with Gasteiger partial charge in [-0.05, 0) is 6.42 Å². The van der Waals surface area contributed by atoms with Crippen molar-refractivity contribution in [2.45, 2.75) is 25.8 Å². The number of esters is 1. The van der Waals surface area contributed by atoms with Gasteiger partial charge in [-0.3, -0.25) is 9.59 Å². The van der Waals surface area contributed by atoms with Crippen molar-refractivity contribution < 1.29 is 22.7 Å². The molecule has 0 aromatic heterocycles. The minimum absolute atomic E-state index is 0.00620. The number of carbonyl (C=O) groups is 2. The molecule has 0 aromatic rings. The van der Waals surface area contributed by atoms with Gasteiger partial charge in [0.2, 0.25) is 5.91 Å². The standard InChI is InChI=1S/C10H17NO5S/c1-8(12)11(5-3-10(13)16-2)9-4-6-17(14,15)7-9/h9H,3-7H2,1-2H3/t9-/m1/s1. The van der Waals surface area contributed by atoms with Gasteiger partial charge in [0.15, 0.2) is 9.84 Å². The fourth-order valence-electron chi connectivity index (χ4n) is 1.93. The summed E-state index contributed by atoms with van der Waals surface area (Å²) in [6.45, 7) is 1.59. The number of hydrogen-bond acceptors (Lipinski definition) is 5. The van der Waals surface area contributed by atoms with Crippen molar-refractivity contribution in [2.24, 2.45) is 0 Å². The lowest BCUT2D eigenvalue weighted by atomic mass is 10.2. The predicted molar refractivity (Wildman–Crippen MR) is 61.1 cm³/mol. The molecule has 0 spiro atoms. The summed E-state index contributed by atoms with van der Waals surface area (Å²) in [5, 5.41) is 0. The number of sulfone groups is 1. The van der Waals surface area contributed by atoms with Gasteiger partial charge in [-0.1, -0.05) is 0 Å². The van der Waals surface area contributed by atoms with Gasteiger partial charge < -0.3 is 9.64 Å².